The van der Waals surface area contributed by atoms with Crippen LogP contribution >= 0.6 is 11.6 Å². The Hall–Kier alpha value is -1.32. The van der Waals surface area contributed by atoms with Crippen molar-refractivity contribution in [1.82, 2.24) is 15.1 Å². The number of aryl methyl sites for hydroxylation is 2. The zero-order chi connectivity index (χ0) is 14.7. The van der Waals surface area contributed by atoms with Crippen molar-refractivity contribution in [3.63, 3.8) is 0 Å². The normalized spacial score (nSPS) is 14.2. The minimum absolute atomic E-state index is 0.324. The van der Waals surface area contributed by atoms with Gasteiger partial charge in [0.05, 0.1) is 16.4 Å². The molecule has 1 aromatic carbocycles. The minimum Gasteiger partial charge on any atom is -0.316 e. The average molecular weight is 292 g/mol. The topological polar surface area (TPSA) is 29.9 Å². The van der Waals surface area contributed by atoms with Gasteiger partial charge in [0.1, 0.15) is 0 Å². The van der Waals surface area contributed by atoms with Crippen molar-refractivity contribution in [3.8, 4) is 0 Å². The van der Waals surface area contributed by atoms with Gasteiger partial charge in [-0.05, 0) is 25.5 Å². The van der Waals surface area contributed by atoms with Gasteiger partial charge in [-0.25, -0.2) is 0 Å². The summed E-state index contributed by atoms with van der Waals surface area (Å²) in [5.41, 5.74) is 3.32. The van der Waals surface area contributed by atoms with E-state index in [-0.39, 0.29) is 0 Å². The molecule has 0 spiro atoms. The van der Waals surface area contributed by atoms with Crippen LogP contribution in [0.3, 0.4) is 0 Å². The van der Waals surface area contributed by atoms with E-state index in [9.17, 15) is 0 Å². The molecule has 1 N–H and O–H groups in total. The van der Waals surface area contributed by atoms with Crippen molar-refractivity contribution in [1.29, 1.82) is 0 Å². The zero-order valence-corrected chi connectivity index (χ0v) is 13.3. The molecule has 1 aromatic heterocycles. The summed E-state index contributed by atoms with van der Waals surface area (Å²) in [5.74, 6) is 0.410. The number of aromatic nitrogens is 2. The van der Waals surface area contributed by atoms with Gasteiger partial charge >= 0.3 is 0 Å². The summed E-state index contributed by atoms with van der Waals surface area (Å²) in [6, 6.07) is 10.9. The third-order valence-corrected chi connectivity index (χ3v) is 4.47. The molecule has 2 rings (SSSR count). The zero-order valence-electron chi connectivity index (χ0n) is 12.5. The molecule has 2 aromatic rings. The van der Waals surface area contributed by atoms with Crippen LogP contribution < -0.4 is 5.32 Å². The quantitative estimate of drug-likeness (QED) is 0.916. The summed E-state index contributed by atoms with van der Waals surface area (Å²) >= 11 is 6.35. The molecular formula is C16H22ClN3. The molecule has 108 valence electrons. The molecule has 4 heteroatoms. The highest BCUT2D eigenvalue weighted by Gasteiger charge is 2.21. The average Bonchev–Trinajstić information content (AvgIpc) is 2.70. The molecule has 20 heavy (non-hydrogen) atoms. The lowest BCUT2D eigenvalue weighted by atomic mass is 9.90. The van der Waals surface area contributed by atoms with Crippen LogP contribution in [0.15, 0.2) is 30.3 Å². The first-order chi connectivity index (χ1) is 9.54. The minimum atomic E-state index is 0.324. The fraction of sp³-hybridized carbons (Fsp3) is 0.438. The second kappa shape index (κ2) is 6.42. The predicted octanol–water partition coefficient (Wildman–Crippen LogP) is 3.32. The van der Waals surface area contributed by atoms with Crippen LogP contribution in [0.5, 0.6) is 0 Å². The summed E-state index contributed by atoms with van der Waals surface area (Å²) < 4.78 is 1.89. The lowest BCUT2D eigenvalue weighted by Gasteiger charge is -2.24. The van der Waals surface area contributed by atoms with Gasteiger partial charge in [0, 0.05) is 19.5 Å². The van der Waals surface area contributed by atoms with Crippen molar-refractivity contribution in [3.05, 3.63) is 52.3 Å². The summed E-state index contributed by atoms with van der Waals surface area (Å²) in [7, 11) is 3.95. The van der Waals surface area contributed by atoms with E-state index in [1.54, 1.807) is 0 Å². The Morgan fingerprint density at radius 1 is 1.30 bits per heavy atom. The Morgan fingerprint density at radius 2 is 1.95 bits per heavy atom. The van der Waals surface area contributed by atoms with Crippen LogP contribution in [-0.2, 0) is 13.5 Å². The molecule has 0 fully saturated rings. The molecule has 0 aliphatic rings. The van der Waals surface area contributed by atoms with Crippen LogP contribution in [0.2, 0.25) is 5.02 Å². The first kappa shape index (κ1) is 15.1. The molecule has 0 saturated heterocycles. The fourth-order valence-corrected chi connectivity index (χ4v) is 2.87. The smallest absolute Gasteiger partial charge is 0.0847 e. The van der Waals surface area contributed by atoms with Gasteiger partial charge in [-0.15, -0.1) is 0 Å². The van der Waals surface area contributed by atoms with Gasteiger partial charge in [0.25, 0.3) is 0 Å². The monoisotopic (exact) mass is 291 g/mol. The van der Waals surface area contributed by atoms with E-state index in [0.717, 1.165) is 22.8 Å². The summed E-state index contributed by atoms with van der Waals surface area (Å²) in [6.45, 7) is 4.19. The van der Waals surface area contributed by atoms with E-state index in [1.165, 1.54) is 5.56 Å². The van der Waals surface area contributed by atoms with Gasteiger partial charge < -0.3 is 5.32 Å². The Morgan fingerprint density at radius 3 is 2.45 bits per heavy atom. The Balaban J connectivity index is 2.21. The third kappa shape index (κ3) is 3.05. The van der Waals surface area contributed by atoms with E-state index in [0.29, 0.717) is 12.0 Å². The molecule has 3 nitrogen and oxygen atoms in total. The van der Waals surface area contributed by atoms with E-state index in [4.69, 9.17) is 11.6 Å². The molecule has 0 aliphatic heterocycles. The highest BCUT2D eigenvalue weighted by atomic mass is 35.5. The second-order valence-corrected chi connectivity index (χ2v) is 5.65. The van der Waals surface area contributed by atoms with Gasteiger partial charge in [0.2, 0.25) is 0 Å². The summed E-state index contributed by atoms with van der Waals surface area (Å²) in [4.78, 5) is 0. The molecule has 1 heterocycles. The van der Waals surface area contributed by atoms with Gasteiger partial charge in [-0.3, -0.25) is 4.68 Å². The van der Waals surface area contributed by atoms with Crippen LogP contribution in [0.4, 0.5) is 0 Å². The third-order valence-electron chi connectivity index (χ3n) is 3.97. The van der Waals surface area contributed by atoms with Crippen LogP contribution in [0, 0.1) is 6.92 Å². The fourth-order valence-electron chi connectivity index (χ4n) is 2.63. The molecular weight excluding hydrogens is 270 g/mol. The molecule has 0 radical (unpaired) electrons. The predicted molar refractivity (Wildman–Crippen MR) is 84.4 cm³/mol. The SMILES string of the molecule is CNC(Cc1c(Cl)c(C)nn1C)C(C)c1ccccc1. The van der Waals surface area contributed by atoms with Crippen LogP contribution in [0.25, 0.3) is 0 Å². The maximum Gasteiger partial charge on any atom is 0.0847 e. The van der Waals surface area contributed by atoms with E-state index in [2.05, 4.69) is 41.6 Å². The van der Waals surface area contributed by atoms with Crippen LogP contribution in [0.1, 0.15) is 29.8 Å². The van der Waals surface area contributed by atoms with E-state index < -0.39 is 0 Å². The number of benzene rings is 1. The Kier molecular flexibility index (Phi) is 4.84. The summed E-state index contributed by atoms with van der Waals surface area (Å²) in [6.07, 6.45) is 0.864. The highest BCUT2D eigenvalue weighted by molar-refractivity contribution is 6.31. The number of hydrogen-bond donors (Lipinski definition) is 1. The second-order valence-electron chi connectivity index (χ2n) is 5.27. The molecule has 0 bridgehead atoms. The van der Waals surface area contributed by atoms with E-state index in [1.807, 2.05) is 31.8 Å². The van der Waals surface area contributed by atoms with E-state index >= 15 is 0 Å². The molecule has 2 unspecified atom stereocenters. The molecule has 0 aliphatic carbocycles. The van der Waals surface area contributed by atoms with Crippen molar-refractivity contribution in [2.24, 2.45) is 7.05 Å². The highest BCUT2D eigenvalue weighted by Crippen LogP contribution is 2.26. The standard InChI is InChI=1S/C16H22ClN3/c1-11(13-8-6-5-7-9-13)14(18-3)10-15-16(17)12(2)19-20(15)4/h5-9,11,14,18H,10H2,1-4H3. The first-order valence-electron chi connectivity index (χ1n) is 6.94. The van der Waals surface area contributed by atoms with Gasteiger partial charge in [0.15, 0.2) is 0 Å². The molecule has 0 amide bonds. The van der Waals surface area contributed by atoms with Crippen LogP contribution in [-0.4, -0.2) is 22.9 Å². The van der Waals surface area contributed by atoms with Crippen molar-refractivity contribution < 1.29 is 0 Å². The first-order valence-corrected chi connectivity index (χ1v) is 7.32. The van der Waals surface area contributed by atoms with Crippen molar-refractivity contribution in [2.75, 3.05) is 7.05 Å². The number of rotatable bonds is 5. The largest absolute Gasteiger partial charge is 0.316 e. The lowest BCUT2D eigenvalue weighted by molar-refractivity contribution is 0.470. The van der Waals surface area contributed by atoms with Gasteiger partial charge in [-0.2, -0.15) is 5.10 Å². The van der Waals surface area contributed by atoms with Crippen molar-refractivity contribution >= 4 is 11.6 Å². The lowest BCUT2D eigenvalue weighted by Crippen LogP contribution is -2.33. The Labute approximate surface area is 126 Å². The van der Waals surface area contributed by atoms with Gasteiger partial charge in [-0.1, -0.05) is 48.9 Å². The number of nitrogens with one attached hydrogen (secondary N) is 1. The number of likely N-dealkylation sites (N-methyl/N-ethyl adjacent to an activating group) is 1. The maximum atomic E-state index is 6.35. The Bertz CT molecular complexity index is 563. The summed E-state index contributed by atoms with van der Waals surface area (Å²) in [5, 5.41) is 8.58. The molecule has 0 saturated carbocycles. The number of nitrogens with zero attached hydrogens (tertiary/aromatic N) is 2. The number of halogens is 1. The number of hydrogen-bond acceptors (Lipinski definition) is 2. The maximum absolute atomic E-state index is 6.35. The van der Waals surface area contributed by atoms with Crippen molar-refractivity contribution in [2.45, 2.75) is 32.2 Å². The molecule has 2 atom stereocenters.